The van der Waals surface area contributed by atoms with Gasteiger partial charge in [-0.15, -0.1) is 0 Å². The minimum absolute atomic E-state index is 0.0824. The summed E-state index contributed by atoms with van der Waals surface area (Å²) >= 11 is 0. The van der Waals surface area contributed by atoms with Crippen LogP contribution in [0.1, 0.15) is 97.3 Å². The zero-order valence-electron chi connectivity index (χ0n) is 15.4. The Morgan fingerprint density at radius 2 is 1.57 bits per heavy atom. The SMILES string of the molecule is CC1(C)Cc2oc(C(C)(C)C)c3c2C(C1)C(C)(C)C3(C)C. The van der Waals surface area contributed by atoms with Crippen LogP contribution < -0.4 is 0 Å². The summed E-state index contributed by atoms with van der Waals surface area (Å²) in [5, 5.41) is 0. The molecule has 118 valence electrons. The van der Waals surface area contributed by atoms with Gasteiger partial charge in [-0.2, -0.15) is 0 Å². The van der Waals surface area contributed by atoms with Crippen molar-refractivity contribution in [2.24, 2.45) is 10.8 Å². The number of hydrogen-bond acceptors (Lipinski definition) is 1. The third-order valence-corrected chi connectivity index (χ3v) is 6.55. The number of hydrogen-bond donors (Lipinski definition) is 0. The first kappa shape index (κ1) is 15.2. The van der Waals surface area contributed by atoms with Gasteiger partial charge in [0.05, 0.1) is 0 Å². The van der Waals surface area contributed by atoms with Gasteiger partial charge >= 0.3 is 0 Å². The Morgan fingerprint density at radius 1 is 1.00 bits per heavy atom. The first-order chi connectivity index (χ1) is 9.29. The second-order valence-corrected chi connectivity index (χ2v) is 10.3. The van der Waals surface area contributed by atoms with Gasteiger partial charge in [0.15, 0.2) is 0 Å². The Morgan fingerprint density at radius 3 is 2.10 bits per heavy atom. The fourth-order valence-electron chi connectivity index (χ4n) is 4.67. The van der Waals surface area contributed by atoms with E-state index in [1.807, 2.05) is 0 Å². The predicted molar refractivity (Wildman–Crippen MR) is 89.1 cm³/mol. The minimum atomic E-state index is 0.0824. The molecule has 1 nitrogen and oxygen atoms in total. The van der Waals surface area contributed by atoms with E-state index in [4.69, 9.17) is 4.42 Å². The van der Waals surface area contributed by atoms with E-state index >= 15 is 0 Å². The van der Waals surface area contributed by atoms with Crippen molar-refractivity contribution < 1.29 is 4.42 Å². The lowest BCUT2D eigenvalue weighted by atomic mass is 9.60. The van der Waals surface area contributed by atoms with E-state index in [2.05, 4.69) is 62.3 Å². The predicted octanol–water partition coefficient (Wildman–Crippen LogP) is 5.95. The van der Waals surface area contributed by atoms with E-state index in [-0.39, 0.29) is 10.8 Å². The molecule has 0 amide bonds. The molecule has 0 fully saturated rings. The molecule has 0 aromatic carbocycles. The lowest BCUT2D eigenvalue weighted by Gasteiger charge is -2.45. The van der Waals surface area contributed by atoms with Crippen LogP contribution in [0.15, 0.2) is 4.42 Å². The van der Waals surface area contributed by atoms with Crippen LogP contribution >= 0.6 is 0 Å². The molecule has 0 bridgehead atoms. The van der Waals surface area contributed by atoms with Gasteiger partial charge in [0.1, 0.15) is 11.5 Å². The lowest BCUT2D eigenvalue weighted by molar-refractivity contribution is 0.117. The second-order valence-electron chi connectivity index (χ2n) is 10.3. The molecule has 0 saturated heterocycles. The quantitative estimate of drug-likeness (QED) is 0.575. The normalized spacial score (nSPS) is 28.5. The van der Waals surface area contributed by atoms with Crippen LogP contribution in [0.4, 0.5) is 0 Å². The summed E-state index contributed by atoms with van der Waals surface area (Å²) in [7, 11) is 0. The van der Waals surface area contributed by atoms with E-state index in [1.165, 1.54) is 23.5 Å². The average Bonchev–Trinajstić information content (AvgIpc) is 2.70. The van der Waals surface area contributed by atoms with Crippen LogP contribution in [0.5, 0.6) is 0 Å². The standard InChI is InChI=1S/C20H32O/c1-17(2,3)16-15-14-12(19(6,7)20(15,8)9)10-18(4,5)11-13(14)21-16/h12H,10-11H2,1-9H3. The summed E-state index contributed by atoms with van der Waals surface area (Å²) in [5.74, 6) is 3.17. The van der Waals surface area contributed by atoms with E-state index in [1.54, 1.807) is 5.56 Å². The largest absolute Gasteiger partial charge is 0.465 e. The third kappa shape index (κ3) is 1.82. The maximum absolute atomic E-state index is 6.49. The zero-order valence-corrected chi connectivity index (χ0v) is 15.4. The smallest absolute Gasteiger partial charge is 0.113 e. The summed E-state index contributed by atoms with van der Waals surface area (Å²) in [5.41, 5.74) is 4.02. The molecule has 1 heterocycles. The van der Waals surface area contributed by atoms with Crippen molar-refractivity contribution >= 4 is 0 Å². The van der Waals surface area contributed by atoms with Crippen LogP contribution in [0.3, 0.4) is 0 Å². The molecule has 0 N–H and O–H groups in total. The molecule has 21 heavy (non-hydrogen) atoms. The van der Waals surface area contributed by atoms with E-state index in [9.17, 15) is 0 Å². The van der Waals surface area contributed by atoms with Crippen LogP contribution in [-0.4, -0.2) is 0 Å². The number of rotatable bonds is 0. The molecule has 1 heteroatoms. The topological polar surface area (TPSA) is 13.1 Å². The van der Waals surface area contributed by atoms with Gasteiger partial charge in [0.25, 0.3) is 0 Å². The molecule has 1 atom stereocenters. The van der Waals surface area contributed by atoms with Gasteiger partial charge in [-0.05, 0) is 28.6 Å². The van der Waals surface area contributed by atoms with Gasteiger partial charge in [0.2, 0.25) is 0 Å². The van der Waals surface area contributed by atoms with E-state index < -0.39 is 0 Å². The summed E-state index contributed by atoms with van der Waals surface area (Å²) in [6.45, 7) is 21.5. The monoisotopic (exact) mass is 288 g/mol. The minimum Gasteiger partial charge on any atom is -0.465 e. The van der Waals surface area contributed by atoms with Gasteiger partial charge in [-0.1, -0.05) is 62.3 Å². The van der Waals surface area contributed by atoms with Gasteiger partial charge < -0.3 is 4.42 Å². The van der Waals surface area contributed by atoms with Crippen molar-refractivity contribution in [3.05, 3.63) is 22.6 Å². The molecule has 2 aliphatic carbocycles. The first-order valence-corrected chi connectivity index (χ1v) is 8.45. The Kier molecular flexibility index (Phi) is 2.73. The molecule has 3 rings (SSSR count). The molecule has 2 aliphatic rings. The molecule has 0 radical (unpaired) electrons. The summed E-state index contributed by atoms with van der Waals surface area (Å²) in [4.78, 5) is 0. The van der Waals surface area contributed by atoms with Crippen LogP contribution in [0.2, 0.25) is 0 Å². The molecule has 1 aromatic heterocycles. The van der Waals surface area contributed by atoms with Crippen LogP contribution in [-0.2, 0) is 17.3 Å². The molecule has 0 saturated carbocycles. The Hall–Kier alpha value is -0.720. The highest BCUT2D eigenvalue weighted by atomic mass is 16.3. The highest BCUT2D eigenvalue weighted by molar-refractivity contribution is 5.53. The Labute approximate surface area is 130 Å². The Balaban J connectivity index is 2.33. The van der Waals surface area contributed by atoms with Crippen molar-refractivity contribution in [2.75, 3.05) is 0 Å². The van der Waals surface area contributed by atoms with Crippen LogP contribution in [0.25, 0.3) is 0 Å². The molecule has 0 aliphatic heterocycles. The van der Waals surface area contributed by atoms with Crippen LogP contribution in [0, 0.1) is 10.8 Å². The van der Waals surface area contributed by atoms with Crippen molar-refractivity contribution in [3.8, 4) is 0 Å². The third-order valence-electron chi connectivity index (χ3n) is 6.55. The summed E-state index contributed by atoms with van der Waals surface area (Å²) in [6.07, 6.45) is 2.38. The molecule has 0 spiro atoms. The fourth-order valence-corrected chi connectivity index (χ4v) is 4.67. The van der Waals surface area contributed by atoms with Crippen molar-refractivity contribution in [2.45, 2.75) is 91.9 Å². The maximum atomic E-state index is 6.49. The highest BCUT2D eigenvalue weighted by Gasteiger charge is 2.59. The summed E-state index contributed by atoms with van der Waals surface area (Å²) < 4.78 is 6.49. The molecular formula is C20H32O. The van der Waals surface area contributed by atoms with Crippen molar-refractivity contribution in [1.82, 2.24) is 0 Å². The molecule has 1 unspecified atom stereocenters. The fraction of sp³-hybridized carbons (Fsp3) is 0.800. The molecular weight excluding hydrogens is 256 g/mol. The maximum Gasteiger partial charge on any atom is 0.113 e. The molecule has 1 aromatic rings. The second kappa shape index (κ2) is 3.78. The Bertz CT molecular complexity index is 590. The van der Waals surface area contributed by atoms with Gasteiger partial charge in [0, 0.05) is 23.0 Å². The number of furan rings is 1. The first-order valence-electron chi connectivity index (χ1n) is 8.45. The lowest BCUT2D eigenvalue weighted by Crippen LogP contribution is -2.38. The zero-order chi connectivity index (χ0) is 16.0. The van der Waals surface area contributed by atoms with E-state index in [0.717, 1.165) is 6.42 Å². The van der Waals surface area contributed by atoms with Gasteiger partial charge in [-0.3, -0.25) is 0 Å². The summed E-state index contributed by atoms with van der Waals surface area (Å²) in [6, 6.07) is 0. The van der Waals surface area contributed by atoms with Crippen molar-refractivity contribution in [1.29, 1.82) is 0 Å². The van der Waals surface area contributed by atoms with E-state index in [0.29, 0.717) is 16.7 Å². The van der Waals surface area contributed by atoms with Crippen molar-refractivity contribution in [3.63, 3.8) is 0 Å². The average molecular weight is 288 g/mol. The van der Waals surface area contributed by atoms with Gasteiger partial charge in [-0.25, -0.2) is 0 Å². The highest BCUT2D eigenvalue weighted by Crippen LogP contribution is 2.66.